The Hall–Kier alpha value is -1.19. The van der Waals surface area contributed by atoms with E-state index >= 15 is 0 Å². The Morgan fingerprint density at radius 3 is 2.50 bits per heavy atom. The maximum absolute atomic E-state index is 10.1. The molecule has 2 rings (SSSR count). The molecule has 0 bridgehead atoms. The van der Waals surface area contributed by atoms with E-state index in [-0.39, 0.29) is 6.10 Å². The number of benzene rings is 1. The molecular formula is C13H19NO2. The van der Waals surface area contributed by atoms with Gasteiger partial charge < -0.3 is 15.2 Å². The fourth-order valence-electron chi connectivity index (χ4n) is 1.46. The van der Waals surface area contributed by atoms with Gasteiger partial charge in [-0.3, -0.25) is 0 Å². The summed E-state index contributed by atoms with van der Waals surface area (Å²) in [7, 11) is 0. The van der Waals surface area contributed by atoms with E-state index in [1.807, 2.05) is 31.2 Å². The topological polar surface area (TPSA) is 49.3 Å². The third kappa shape index (κ3) is 5.05. The molecule has 3 nitrogen and oxygen atoms in total. The molecule has 1 aromatic carbocycles. The molecular weight excluding hydrogens is 202 g/mol. The van der Waals surface area contributed by atoms with Crippen LogP contribution in [0.5, 0.6) is 0 Å². The second-order valence-corrected chi connectivity index (χ2v) is 4.00. The Kier molecular flexibility index (Phi) is 5.75. The highest BCUT2D eigenvalue weighted by atomic mass is 16.3. The van der Waals surface area contributed by atoms with Crippen LogP contribution in [-0.4, -0.2) is 30.6 Å². The van der Waals surface area contributed by atoms with Crippen LogP contribution in [0.1, 0.15) is 17.5 Å². The lowest BCUT2D eigenvalue weighted by Gasteiger charge is -1.93. The molecule has 1 fully saturated rings. The molecule has 1 aromatic rings. The van der Waals surface area contributed by atoms with Crippen molar-refractivity contribution >= 4 is 6.29 Å². The molecule has 3 heteroatoms. The second kappa shape index (κ2) is 7.14. The van der Waals surface area contributed by atoms with Crippen LogP contribution in [0.4, 0.5) is 0 Å². The zero-order valence-electron chi connectivity index (χ0n) is 9.65. The maximum Gasteiger partial charge on any atom is 0.124 e. The van der Waals surface area contributed by atoms with Crippen LogP contribution >= 0.6 is 0 Å². The van der Waals surface area contributed by atoms with E-state index in [1.54, 1.807) is 0 Å². The first-order chi connectivity index (χ1) is 7.72. The highest BCUT2D eigenvalue weighted by Crippen LogP contribution is 2.01. The lowest BCUT2D eigenvalue weighted by Crippen LogP contribution is -2.11. The minimum Gasteiger partial charge on any atom is -0.392 e. The molecule has 1 unspecified atom stereocenters. The van der Waals surface area contributed by atoms with Gasteiger partial charge in [0.05, 0.1) is 6.10 Å². The van der Waals surface area contributed by atoms with Crippen LogP contribution in [0, 0.1) is 6.92 Å². The van der Waals surface area contributed by atoms with Crippen molar-refractivity contribution in [1.82, 2.24) is 5.32 Å². The standard InChI is InChI=1S/C9H10O.C4H9NO/c1-8-2-4-9(5-3-8)6-7-10;6-4-1-2-5-3-4/h2-5,7H,6H2,1H3;4-6H,1-3H2. The van der Waals surface area contributed by atoms with Crippen molar-refractivity contribution in [3.8, 4) is 0 Å². The predicted molar refractivity (Wildman–Crippen MR) is 64.4 cm³/mol. The van der Waals surface area contributed by atoms with Crippen LogP contribution in [0.15, 0.2) is 24.3 Å². The zero-order chi connectivity index (χ0) is 11.8. The van der Waals surface area contributed by atoms with Crippen LogP contribution in [0.25, 0.3) is 0 Å². The predicted octanol–water partition coefficient (Wildman–Crippen LogP) is 1.08. The first-order valence-corrected chi connectivity index (χ1v) is 5.60. The van der Waals surface area contributed by atoms with Crippen molar-refractivity contribution in [3.05, 3.63) is 35.4 Å². The van der Waals surface area contributed by atoms with Gasteiger partial charge in [0.25, 0.3) is 0 Å². The average molecular weight is 221 g/mol. The molecule has 0 aliphatic carbocycles. The SMILES string of the molecule is Cc1ccc(CC=O)cc1.OC1CCNC1. The third-order valence-electron chi connectivity index (χ3n) is 2.47. The van der Waals surface area contributed by atoms with Crippen molar-refractivity contribution in [3.63, 3.8) is 0 Å². The van der Waals surface area contributed by atoms with Crippen molar-refractivity contribution < 1.29 is 9.90 Å². The number of β-amino-alcohol motifs (C(OH)–C–C–N with tert-alkyl or cyclic N) is 1. The molecule has 0 amide bonds. The summed E-state index contributed by atoms with van der Waals surface area (Å²) < 4.78 is 0. The summed E-state index contributed by atoms with van der Waals surface area (Å²) in [5.41, 5.74) is 2.32. The summed E-state index contributed by atoms with van der Waals surface area (Å²) in [6.45, 7) is 3.81. The number of aldehydes is 1. The van der Waals surface area contributed by atoms with Crippen LogP contribution in [0.3, 0.4) is 0 Å². The number of hydrogen-bond acceptors (Lipinski definition) is 3. The first kappa shape index (κ1) is 12.9. The highest BCUT2D eigenvalue weighted by Gasteiger charge is 2.08. The van der Waals surface area contributed by atoms with Crippen LogP contribution in [0.2, 0.25) is 0 Å². The van der Waals surface area contributed by atoms with Gasteiger partial charge in [-0.15, -0.1) is 0 Å². The van der Waals surface area contributed by atoms with Gasteiger partial charge in [0.1, 0.15) is 6.29 Å². The minimum atomic E-state index is -0.0648. The molecule has 1 heterocycles. The molecule has 1 saturated heterocycles. The van der Waals surface area contributed by atoms with Crippen LogP contribution in [-0.2, 0) is 11.2 Å². The molecule has 16 heavy (non-hydrogen) atoms. The van der Waals surface area contributed by atoms with Gasteiger partial charge in [-0.1, -0.05) is 29.8 Å². The van der Waals surface area contributed by atoms with E-state index in [9.17, 15) is 4.79 Å². The molecule has 0 saturated carbocycles. The van der Waals surface area contributed by atoms with Crippen molar-refractivity contribution in [2.75, 3.05) is 13.1 Å². The van der Waals surface area contributed by atoms with E-state index < -0.39 is 0 Å². The molecule has 0 spiro atoms. The van der Waals surface area contributed by atoms with E-state index in [0.717, 1.165) is 31.4 Å². The Morgan fingerprint density at radius 1 is 1.44 bits per heavy atom. The number of carbonyl (C=O) groups excluding carboxylic acids is 1. The number of carbonyl (C=O) groups is 1. The van der Waals surface area contributed by atoms with Gasteiger partial charge in [-0.05, 0) is 25.5 Å². The number of nitrogens with one attached hydrogen (secondary N) is 1. The zero-order valence-corrected chi connectivity index (χ0v) is 9.65. The number of aliphatic hydroxyl groups excluding tert-OH is 1. The van der Waals surface area contributed by atoms with E-state index in [1.165, 1.54) is 5.56 Å². The molecule has 1 aliphatic heterocycles. The fraction of sp³-hybridized carbons (Fsp3) is 0.462. The van der Waals surface area contributed by atoms with Gasteiger partial charge in [-0.25, -0.2) is 0 Å². The monoisotopic (exact) mass is 221 g/mol. The summed E-state index contributed by atoms with van der Waals surface area (Å²) in [5, 5.41) is 11.7. The smallest absolute Gasteiger partial charge is 0.124 e. The summed E-state index contributed by atoms with van der Waals surface area (Å²) in [6, 6.07) is 7.98. The van der Waals surface area contributed by atoms with Gasteiger partial charge >= 0.3 is 0 Å². The Labute approximate surface area is 96.5 Å². The lowest BCUT2D eigenvalue weighted by molar-refractivity contribution is -0.107. The molecule has 0 aromatic heterocycles. The van der Waals surface area contributed by atoms with Crippen molar-refractivity contribution in [2.24, 2.45) is 0 Å². The minimum absolute atomic E-state index is 0.0648. The molecule has 0 radical (unpaired) electrons. The largest absolute Gasteiger partial charge is 0.392 e. The normalized spacial score (nSPS) is 18.8. The first-order valence-electron chi connectivity index (χ1n) is 5.60. The van der Waals surface area contributed by atoms with Gasteiger partial charge in [-0.2, -0.15) is 0 Å². The Bertz CT molecular complexity index is 302. The summed E-state index contributed by atoms with van der Waals surface area (Å²) in [6.07, 6.45) is 2.32. The molecule has 2 N–H and O–H groups in total. The van der Waals surface area contributed by atoms with Gasteiger partial charge in [0.2, 0.25) is 0 Å². The van der Waals surface area contributed by atoms with Gasteiger partial charge in [0.15, 0.2) is 0 Å². The molecule has 1 aliphatic rings. The summed E-state index contributed by atoms with van der Waals surface area (Å²) in [5.74, 6) is 0. The lowest BCUT2D eigenvalue weighted by atomic mass is 10.1. The van der Waals surface area contributed by atoms with E-state index in [0.29, 0.717) is 6.42 Å². The van der Waals surface area contributed by atoms with Crippen molar-refractivity contribution in [2.45, 2.75) is 25.9 Å². The summed E-state index contributed by atoms with van der Waals surface area (Å²) in [4.78, 5) is 10.1. The van der Waals surface area contributed by atoms with E-state index in [4.69, 9.17) is 5.11 Å². The highest BCUT2D eigenvalue weighted by molar-refractivity contribution is 5.54. The van der Waals surface area contributed by atoms with E-state index in [2.05, 4.69) is 5.32 Å². The number of aryl methyl sites for hydroxylation is 1. The quantitative estimate of drug-likeness (QED) is 0.735. The van der Waals surface area contributed by atoms with Gasteiger partial charge in [0, 0.05) is 13.0 Å². The molecule has 88 valence electrons. The summed E-state index contributed by atoms with van der Waals surface area (Å²) >= 11 is 0. The van der Waals surface area contributed by atoms with Crippen molar-refractivity contribution in [1.29, 1.82) is 0 Å². The maximum atomic E-state index is 10.1. The fourth-order valence-corrected chi connectivity index (χ4v) is 1.46. The molecule has 1 atom stereocenters. The third-order valence-corrected chi connectivity index (χ3v) is 2.47. The Balaban J connectivity index is 0.000000181. The second-order valence-electron chi connectivity index (χ2n) is 4.00. The number of hydrogen-bond donors (Lipinski definition) is 2. The average Bonchev–Trinajstić information content (AvgIpc) is 2.74. The number of rotatable bonds is 2. The van der Waals surface area contributed by atoms with Crippen LogP contribution < -0.4 is 5.32 Å². The Morgan fingerprint density at radius 2 is 2.12 bits per heavy atom. The number of aliphatic hydroxyl groups is 1.